The van der Waals surface area contributed by atoms with E-state index in [2.05, 4.69) is 10.3 Å². The van der Waals surface area contributed by atoms with Gasteiger partial charge in [-0.2, -0.15) is 0 Å². The van der Waals surface area contributed by atoms with Crippen LogP contribution < -0.4 is 5.32 Å². The monoisotopic (exact) mass is 197 g/mol. The summed E-state index contributed by atoms with van der Waals surface area (Å²) in [5.41, 5.74) is -0.622. The van der Waals surface area contributed by atoms with Gasteiger partial charge in [-0.3, -0.25) is 4.79 Å². The summed E-state index contributed by atoms with van der Waals surface area (Å²) >= 11 is 0. The number of imidazole rings is 1. The molecule has 1 heterocycles. The third kappa shape index (κ3) is 2.32. The molecule has 0 saturated heterocycles. The zero-order valence-electron chi connectivity index (χ0n) is 8.61. The summed E-state index contributed by atoms with van der Waals surface area (Å²) in [6.45, 7) is 3.38. The molecule has 1 aromatic heterocycles. The van der Waals surface area contributed by atoms with Gasteiger partial charge in [0.2, 0.25) is 0 Å². The number of nitrogens with one attached hydrogen (secondary N) is 1. The van der Waals surface area contributed by atoms with Gasteiger partial charge in [0.15, 0.2) is 5.82 Å². The van der Waals surface area contributed by atoms with Crippen LogP contribution in [0.1, 0.15) is 24.5 Å². The Morgan fingerprint density at radius 2 is 2.36 bits per heavy atom. The van der Waals surface area contributed by atoms with Gasteiger partial charge in [0, 0.05) is 19.4 Å². The van der Waals surface area contributed by atoms with Crippen molar-refractivity contribution in [3.8, 4) is 0 Å². The van der Waals surface area contributed by atoms with Crippen molar-refractivity contribution in [2.24, 2.45) is 7.05 Å². The van der Waals surface area contributed by atoms with Gasteiger partial charge >= 0.3 is 0 Å². The first-order chi connectivity index (χ1) is 6.46. The van der Waals surface area contributed by atoms with Gasteiger partial charge in [0.1, 0.15) is 0 Å². The highest BCUT2D eigenvalue weighted by molar-refractivity contribution is 5.91. The van der Waals surface area contributed by atoms with Crippen molar-refractivity contribution in [3.63, 3.8) is 0 Å². The van der Waals surface area contributed by atoms with E-state index >= 15 is 0 Å². The molecule has 0 aliphatic heterocycles. The zero-order chi connectivity index (χ0) is 10.8. The molecule has 0 fully saturated rings. The van der Waals surface area contributed by atoms with E-state index in [1.807, 2.05) is 0 Å². The Hall–Kier alpha value is -1.36. The molecule has 1 rings (SSSR count). The molecule has 78 valence electrons. The summed E-state index contributed by atoms with van der Waals surface area (Å²) in [5, 5.41) is 11.6. The summed E-state index contributed by atoms with van der Waals surface area (Å²) in [6, 6.07) is 0. The maximum absolute atomic E-state index is 11.6. The zero-order valence-corrected chi connectivity index (χ0v) is 8.61. The number of hydrogen-bond donors (Lipinski definition) is 2. The number of carbonyl (C=O) groups is 1. The molecule has 1 amide bonds. The standard InChI is InChI=1S/C9H15N3O2/c1-9(2,6-13)11-8(14)7-10-4-5-12(7)3/h4-5,13H,6H2,1-3H3,(H,11,14). The van der Waals surface area contributed by atoms with E-state index < -0.39 is 5.54 Å². The molecule has 2 N–H and O–H groups in total. The van der Waals surface area contributed by atoms with Crippen LogP contribution >= 0.6 is 0 Å². The third-order valence-corrected chi connectivity index (χ3v) is 1.87. The fourth-order valence-electron chi connectivity index (χ4n) is 0.987. The molecule has 0 aliphatic rings. The van der Waals surface area contributed by atoms with E-state index in [9.17, 15) is 4.79 Å². The van der Waals surface area contributed by atoms with Gasteiger partial charge in [-0.25, -0.2) is 4.98 Å². The summed E-state index contributed by atoms with van der Waals surface area (Å²) < 4.78 is 1.63. The molecule has 0 saturated carbocycles. The fourth-order valence-corrected chi connectivity index (χ4v) is 0.987. The van der Waals surface area contributed by atoms with E-state index in [0.717, 1.165) is 0 Å². The van der Waals surface area contributed by atoms with Gasteiger partial charge in [0.05, 0.1) is 12.1 Å². The third-order valence-electron chi connectivity index (χ3n) is 1.87. The lowest BCUT2D eigenvalue weighted by molar-refractivity contribution is 0.0855. The lowest BCUT2D eigenvalue weighted by Crippen LogP contribution is -2.46. The summed E-state index contributed by atoms with van der Waals surface area (Å²) in [7, 11) is 1.74. The van der Waals surface area contributed by atoms with Gasteiger partial charge in [-0.1, -0.05) is 0 Å². The summed E-state index contributed by atoms with van der Waals surface area (Å²) in [4.78, 5) is 15.5. The van der Waals surface area contributed by atoms with Gasteiger partial charge in [-0.15, -0.1) is 0 Å². The minimum Gasteiger partial charge on any atom is -0.394 e. The topological polar surface area (TPSA) is 67.2 Å². The number of amides is 1. The first-order valence-electron chi connectivity index (χ1n) is 4.37. The SMILES string of the molecule is Cn1ccnc1C(=O)NC(C)(C)CO. The second-order valence-electron chi connectivity index (χ2n) is 3.86. The van der Waals surface area contributed by atoms with E-state index in [0.29, 0.717) is 5.82 Å². The first kappa shape index (κ1) is 10.7. The van der Waals surface area contributed by atoms with Crippen LogP contribution in [-0.4, -0.2) is 32.7 Å². The second-order valence-corrected chi connectivity index (χ2v) is 3.86. The van der Waals surface area contributed by atoms with Crippen LogP contribution in [0, 0.1) is 0 Å². The maximum Gasteiger partial charge on any atom is 0.287 e. The van der Waals surface area contributed by atoms with Crippen molar-refractivity contribution in [2.75, 3.05) is 6.61 Å². The van der Waals surface area contributed by atoms with Crippen LogP contribution in [0.2, 0.25) is 0 Å². The Morgan fingerprint density at radius 3 is 2.79 bits per heavy atom. The van der Waals surface area contributed by atoms with Gasteiger partial charge < -0.3 is 15.0 Å². The molecule has 0 spiro atoms. The first-order valence-corrected chi connectivity index (χ1v) is 4.37. The van der Waals surface area contributed by atoms with Crippen LogP contribution in [0.5, 0.6) is 0 Å². The predicted molar refractivity (Wildman–Crippen MR) is 51.8 cm³/mol. The minimum atomic E-state index is -0.622. The van der Waals surface area contributed by atoms with Crippen LogP contribution in [0.15, 0.2) is 12.4 Å². The Morgan fingerprint density at radius 1 is 1.71 bits per heavy atom. The molecule has 5 heteroatoms. The Balaban J connectivity index is 2.73. The van der Waals surface area contributed by atoms with Crippen LogP contribution in [-0.2, 0) is 7.05 Å². The highest BCUT2D eigenvalue weighted by Crippen LogP contribution is 2.02. The van der Waals surface area contributed by atoms with Crippen molar-refractivity contribution in [1.82, 2.24) is 14.9 Å². The maximum atomic E-state index is 11.6. The Bertz CT molecular complexity index is 331. The number of aliphatic hydroxyl groups is 1. The normalized spacial score (nSPS) is 11.4. The minimum absolute atomic E-state index is 0.108. The molecule has 5 nitrogen and oxygen atoms in total. The molecule has 0 atom stereocenters. The van der Waals surface area contributed by atoms with E-state index in [-0.39, 0.29) is 12.5 Å². The largest absolute Gasteiger partial charge is 0.394 e. The number of rotatable bonds is 3. The van der Waals surface area contributed by atoms with Crippen molar-refractivity contribution < 1.29 is 9.90 Å². The van der Waals surface area contributed by atoms with Gasteiger partial charge in [0.25, 0.3) is 5.91 Å². The number of aliphatic hydroxyl groups excluding tert-OH is 1. The van der Waals surface area contributed by atoms with Crippen molar-refractivity contribution in [2.45, 2.75) is 19.4 Å². The Kier molecular flexibility index (Phi) is 2.90. The van der Waals surface area contributed by atoms with Crippen molar-refractivity contribution in [3.05, 3.63) is 18.2 Å². The Labute approximate surface area is 82.8 Å². The average molecular weight is 197 g/mol. The lowest BCUT2D eigenvalue weighted by Gasteiger charge is -2.22. The van der Waals surface area contributed by atoms with E-state index in [4.69, 9.17) is 5.11 Å². The molecule has 0 radical (unpaired) electrons. The highest BCUT2D eigenvalue weighted by Gasteiger charge is 2.21. The van der Waals surface area contributed by atoms with Crippen molar-refractivity contribution >= 4 is 5.91 Å². The predicted octanol–water partition coefficient (Wildman–Crippen LogP) is -0.0792. The smallest absolute Gasteiger partial charge is 0.287 e. The van der Waals surface area contributed by atoms with Crippen molar-refractivity contribution in [1.29, 1.82) is 0 Å². The molecule has 14 heavy (non-hydrogen) atoms. The molecule has 0 bridgehead atoms. The molecule has 0 aromatic carbocycles. The molecule has 0 unspecified atom stereocenters. The molecular weight excluding hydrogens is 182 g/mol. The quantitative estimate of drug-likeness (QED) is 0.712. The number of carbonyl (C=O) groups excluding carboxylic acids is 1. The second kappa shape index (κ2) is 3.79. The van der Waals surface area contributed by atoms with Crippen LogP contribution in [0.4, 0.5) is 0 Å². The lowest BCUT2D eigenvalue weighted by atomic mass is 10.1. The number of hydrogen-bond acceptors (Lipinski definition) is 3. The molecule has 1 aromatic rings. The summed E-state index contributed by atoms with van der Waals surface area (Å²) in [5.74, 6) is 0.0584. The molecule has 0 aliphatic carbocycles. The number of aryl methyl sites for hydroxylation is 1. The number of aromatic nitrogens is 2. The van der Waals surface area contributed by atoms with Crippen LogP contribution in [0.25, 0.3) is 0 Å². The fraction of sp³-hybridized carbons (Fsp3) is 0.556. The van der Waals surface area contributed by atoms with E-state index in [1.165, 1.54) is 0 Å². The average Bonchev–Trinajstić information content (AvgIpc) is 2.51. The van der Waals surface area contributed by atoms with E-state index in [1.54, 1.807) is 37.9 Å². The van der Waals surface area contributed by atoms with Crippen LogP contribution in [0.3, 0.4) is 0 Å². The highest BCUT2D eigenvalue weighted by atomic mass is 16.3. The molecular formula is C9H15N3O2. The number of nitrogens with zero attached hydrogens (tertiary/aromatic N) is 2. The summed E-state index contributed by atoms with van der Waals surface area (Å²) in [6.07, 6.45) is 3.25. The van der Waals surface area contributed by atoms with Gasteiger partial charge in [-0.05, 0) is 13.8 Å².